The molecule has 1 heterocycles. The molecule has 2 aromatic rings. The molecule has 14 heavy (non-hydrogen) atoms. The molecular formula is C9H3Br3ClN. The summed E-state index contributed by atoms with van der Waals surface area (Å²) in [6.07, 6.45) is 1.74. The topological polar surface area (TPSA) is 12.9 Å². The fourth-order valence-electron chi connectivity index (χ4n) is 1.17. The van der Waals surface area contributed by atoms with Crippen LogP contribution < -0.4 is 0 Å². The summed E-state index contributed by atoms with van der Waals surface area (Å²) in [5.74, 6) is 0. The summed E-state index contributed by atoms with van der Waals surface area (Å²) in [4.78, 5) is 4.29. The molecule has 0 saturated carbocycles. The largest absolute Gasteiger partial charge is 0.254 e. The third kappa shape index (κ3) is 1.73. The van der Waals surface area contributed by atoms with Gasteiger partial charge in [-0.3, -0.25) is 4.98 Å². The first-order valence-corrected chi connectivity index (χ1v) is 6.44. The fourth-order valence-corrected chi connectivity index (χ4v) is 2.77. The van der Waals surface area contributed by atoms with Crippen LogP contribution in [-0.2, 0) is 0 Å². The van der Waals surface area contributed by atoms with E-state index in [2.05, 4.69) is 52.8 Å². The molecule has 0 bridgehead atoms. The average Bonchev–Trinajstić information content (AvgIpc) is 2.16. The molecule has 0 aliphatic carbocycles. The van der Waals surface area contributed by atoms with Crippen molar-refractivity contribution in [3.8, 4) is 0 Å². The second-order valence-electron chi connectivity index (χ2n) is 2.67. The number of aromatic nitrogens is 1. The minimum atomic E-state index is 0.684. The minimum Gasteiger partial charge on any atom is -0.254 e. The van der Waals surface area contributed by atoms with E-state index in [9.17, 15) is 0 Å². The number of pyridine rings is 1. The number of benzene rings is 1. The number of fused-ring (bicyclic) bond motifs is 1. The lowest BCUT2D eigenvalue weighted by atomic mass is 10.2. The van der Waals surface area contributed by atoms with Crippen LogP contribution in [0.2, 0.25) is 5.02 Å². The molecule has 0 amide bonds. The van der Waals surface area contributed by atoms with Gasteiger partial charge in [-0.25, -0.2) is 0 Å². The lowest BCUT2D eigenvalue weighted by Gasteiger charge is -2.05. The van der Waals surface area contributed by atoms with Gasteiger partial charge in [0.25, 0.3) is 0 Å². The maximum Gasteiger partial charge on any atom is 0.0871 e. The van der Waals surface area contributed by atoms with Crippen LogP contribution in [0.15, 0.2) is 31.7 Å². The molecule has 0 unspecified atom stereocenters. The Kier molecular flexibility index (Phi) is 3.17. The summed E-state index contributed by atoms with van der Waals surface area (Å²) >= 11 is 16.4. The normalized spacial score (nSPS) is 10.9. The van der Waals surface area contributed by atoms with E-state index in [1.54, 1.807) is 6.20 Å². The fraction of sp³-hybridized carbons (Fsp3) is 0. The third-order valence-corrected chi connectivity index (χ3v) is 4.73. The Bertz CT molecular complexity index is 513. The van der Waals surface area contributed by atoms with Gasteiger partial charge in [-0.2, -0.15) is 0 Å². The molecule has 0 spiro atoms. The minimum absolute atomic E-state index is 0.684. The molecule has 1 aromatic heterocycles. The van der Waals surface area contributed by atoms with Crippen molar-refractivity contribution in [2.75, 3.05) is 0 Å². The van der Waals surface area contributed by atoms with Crippen LogP contribution in [0.5, 0.6) is 0 Å². The van der Waals surface area contributed by atoms with Crippen LogP contribution in [0, 0.1) is 0 Å². The standard InChI is InChI=1S/C9H3Br3ClN/c10-4-1-2-6(13)7-8(12)5(11)3-14-9(4)7/h1-3H. The zero-order chi connectivity index (χ0) is 10.3. The molecule has 0 aliphatic heterocycles. The van der Waals surface area contributed by atoms with E-state index in [0.29, 0.717) is 5.02 Å². The van der Waals surface area contributed by atoms with Gasteiger partial charge in [0.1, 0.15) is 0 Å². The second kappa shape index (κ2) is 4.08. The van der Waals surface area contributed by atoms with Crippen molar-refractivity contribution in [3.63, 3.8) is 0 Å². The number of rotatable bonds is 0. The monoisotopic (exact) mass is 397 g/mol. The zero-order valence-electron chi connectivity index (χ0n) is 6.69. The van der Waals surface area contributed by atoms with Crippen LogP contribution in [0.4, 0.5) is 0 Å². The van der Waals surface area contributed by atoms with Crippen molar-refractivity contribution < 1.29 is 0 Å². The van der Waals surface area contributed by atoms with Crippen LogP contribution >= 0.6 is 59.4 Å². The quantitative estimate of drug-likeness (QED) is 0.594. The molecule has 0 saturated heterocycles. The van der Waals surface area contributed by atoms with E-state index in [1.165, 1.54) is 0 Å². The summed E-state index contributed by atoms with van der Waals surface area (Å²) in [6, 6.07) is 3.73. The second-order valence-corrected chi connectivity index (χ2v) is 5.58. The van der Waals surface area contributed by atoms with Crippen molar-refractivity contribution in [3.05, 3.63) is 36.8 Å². The van der Waals surface area contributed by atoms with Crippen LogP contribution in [0.1, 0.15) is 0 Å². The highest BCUT2D eigenvalue weighted by Crippen LogP contribution is 2.37. The van der Waals surface area contributed by atoms with Gasteiger partial charge in [-0.1, -0.05) is 11.6 Å². The number of halogens is 4. The highest BCUT2D eigenvalue weighted by Gasteiger charge is 2.10. The Morgan fingerprint density at radius 2 is 1.79 bits per heavy atom. The van der Waals surface area contributed by atoms with Crippen molar-refractivity contribution in [1.82, 2.24) is 4.98 Å². The Hall–Kier alpha value is 0.360. The van der Waals surface area contributed by atoms with Crippen molar-refractivity contribution in [2.24, 2.45) is 0 Å². The maximum absolute atomic E-state index is 6.09. The van der Waals surface area contributed by atoms with Crippen molar-refractivity contribution >= 4 is 70.3 Å². The van der Waals surface area contributed by atoms with Gasteiger partial charge in [0.2, 0.25) is 0 Å². The molecule has 1 aromatic carbocycles. The Morgan fingerprint density at radius 3 is 2.50 bits per heavy atom. The predicted molar refractivity (Wildman–Crippen MR) is 69.9 cm³/mol. The van der Waals surface area contributed by atoms with E-state index >= 15 is 0 Å². The lowest BCUT2D eigenvalue weighted by Crippen LogP contribution is -1.84. The lowest BCUT2D eigenvalue weighted by molar-refractivity contribution is 1.37. The third-order valence-electron chi connectivity index (χ3n) is 1.81. The highest BCUT2D eigenvalue weighted by molar-refractivity contribution is 9.13. The summed E-state index contributed by atoms with van der Waals surface area (Å²) in [5.41, 5.74) is 0.854. The van der Waals surface area contributed by atoms with Gasteiger partial charge in [-0.15, -0.1) is 0 Å². The van der Waals surface area contributed by atoms with E-state index in [1.807, 2.05) is 12.1 Å². The molecule has 0 radical (unpaired) electrons. The van der Waals surface area contributed by atoms with E-state index in [4.69, 9.17) is 11.6 Å². The highest BCUT2D eigenvalue weighted by atomic mass is 79.9. The van der Waals surface area contributed by atoms with E-state index in [0.717, 1.165) is 24.3 Å². The number of hydrogen-bond acceptors (Lipinski definition) is 1. The Balaban J connectivity index is 3.01. The van der Waals surface area contributed by atoms with Crippen LogP contribution in [0.25, 0.3) is 10.9 Å². The Morgan fingerprint density at radius 1 is 1.07 bits per heavy atom. The summed E-state index contributed by atoms with van der Waals surface area (Å²) in [6.45, 7) is 0. The molecule has 0 fully saturated rings. The van der Waals surface area contributed by atoms with Gasteiger partial charge >= 0.3 is 0 Å². The van der Waals surface area contributed by atoms with Gasteiger partial charge in [-0.05, 0) is 59.9 Å². The molecule has 2 rings (SSSR count). The van der Waals surface area contributed by atoms with E-state index in [-0.39, 0.29) is 0 Å². The summed E-state index contributed by atoms with van der Waals surface area (Å²) in [7, 11) is 0. The van der Waals surface area contributed by atoms with Gasteiger partial charge in [0.15, 0.2) is 0 Å². The first-order chi connectivity index (χ1) is 6.61. The number of nitrogens with zero attached hydrogens (tertiary/aromatic N) is 1. The summed E-state index contributed by atoms with van der Waals surface area (Å²) < 4.78 is 2.75. The number of hydrogen-bond donors (Lipinski definition) is 0. The molecule has 0 aliphatic rings. The van der Waals surface area contributed by atoms with Crippen molar-refractivity contribution in [1.29, 1.82) is 0 Å². The van der Waals surface area contributed by atoms with Crippen molar-refractivity contribution in [2.45, 2.75) is 0 Å². The van der Waals surface area contributed by atoms with Gasteiger partial charge < -0.3 is 0 Å². The van der Waals surface area contributed by atoms with Gasteiger partial charge in [0, 0.05) is 20.5 Å². The van der Waals surface area contributed by atoms with Crippen LogP contribution in [0.3, 0.4) is 0 Å². The van der Waals surface area contributed by atoms with Gasteiger partial charge in [0.05, 0.1) is 15.0 Å². The first-order valence-electron chi connectivity index (χ1n) is 3.69. The predicted octanol–water partition coefficient (Wildman–Crippen LogP) is 5.18. The Labute approximate surface area is 111 Å². The molecular weight excluding hydrogens is 397 g/mol. The SMILES string of the molecule is Clc1ccc(Br)c2ncc(Br)c(Br)c12. The molecule has 0 N–H and O–H groups in total. The molecule has 0 atom stereocenters. The maximum atomic E-state index is 6.09. The molecule has 5 heteroatoms. The first kappa shape index (κ1) is 10.9. The summed E-state index contributed by atoms with van der Waals surface area (Å²) in [5, 5.41) is 1.60. The molecule has 1 nitrogen and oxygen atoms in total. The average molecular weight is 400 g/mol. The smallest absolute Gasteiger partial charge is 0.0871 e. The van der Waals surface area contributed by atoms with Crippen LogP contribution in [-0.4, -0.2) is 4.98 Å². The zero-order valence-corrected chi connectivity index (χ0v) is 12.2. The molecule has 72 valence electrons. The van der Waals surface area contributed by atoms with E-state index < -0.39 is 0 Å².